The Labute approximate surface area is 171 Å². The van der Waals surface area contributed by atoms with Gasteiger partial charge in [0.2, 0.25) is 0 Å². The van der Waals surface area contributed by atoms with Gasteiger partial charge in [0.1, 0.15) is 11.4 Å². The third-order valence-electron chi connectivity index (χ3n) is 4.37. The average Bonchev–Trinajstić information content (AvgIpc) is 3.20. The van der Waals surface area contributed by atoms with Crippen LogP contribution in [0.3, 0.4) is 0 Å². The van der Waals surface area contributed by atoms with Gasteiger partial charge in [0.15, 0.2) is 0 Å². The lowest BCUT2D eigenvalue weighted by atomic mass is 10.2. The van der Waals surface area contributed by atoms with Crippen molar-refractivity contribution in [2.45, 2.75) is 30.5 Å². The SMILES string of the molecule is O=[N+]([O-])c1cc(S(=O)(=O)Nc2ccccc2OC(F)F)ccc1NC[C@@H]1CCCO1. The maximum Gasteiger partial charge on any atom is 0.387 e. The first kappa shape index (κ1) is 21.7. The van der Waals surface area contributed by atoms with Crippen molar-refractivity contribution in [3.05, 3.63) is 52.6 Å². The summed E-state index contributed by atoms with van der Waals surface area (Å²) in [5.41, 5.74) is -0.509. The third-order valence-corrected chi connectivity index (χ3v) is 5.73. The molecule has 0 bridgehead atoms. The number of halogens is 2. The lowest BCUT2D eigenvalue weighted by molar-refractivity contribution is -0.384. The second-order valence-corrected chi connectivity index (χ2v) is 8.11. The number of hydrogen-bond acceptors (Lipinski definition) is 7. The monoisotopic (exact) mass is 443 g/mol. The summed E-state index contributed by atoms with van der Waals surface area (Å²) in [7, 11) is -4.31. The van der Waals surface area contributed by atoms with Crippen LogP contribution in [0.1, 0.15) is 12.8 Å². The smallest absolute Gasteiger partial charge is 0.387 e. The van der Waals surface area contributed by atoms with E-state index in [4.69, 9.17) is 4.74 Å². The van der Waals surface area contributed by atoms with Gasteiger partial charge in [-0.25, -0.2) is 8.42 Å². The van der Waals surface area contributed by atoms with Gasteiger partial charge in [-0.1, -0.05) is 12.1 Å². The topological polar surface area (TPSA) is 120 Å². The van der Waals surface area contributed by atoms with Crippen molar-refractivity contribution >= 4 is 27.1 Å². The van der Waals surface area contributed by atoms with Gasteiger partial charge in [-0.15, -0.1) is 0 Å². The van der Waals surface area contributed by atoms with Crippen LogP contribution in [0.15, 0.2) is 47.4 Å². The fourth-order valence-electron chi connectivity index (χ4n) is 2.96. The van der Waals surface area contributed by atoms with Gasteiger partial charge in [0.25, 0.3) is 15.7 Å². The number of hydrogen-bond donors (Lipinski definition) is 2. The zero-order chi connectivity index (χ0) is 21.7. The fourth-order valence-corrected chi connectivity index (χ4v) is 4.05. The van der Waals surface area contributed by atoms with Gasteiger partial charge >= 0.3 is 6.61 Å². The molecule has 0 unspecified atom stereocenters. The highest BCUT2D eigenvalue weighted by Crippen LogP contribution is 2.31. The van der Waals surface area contributed by atoms with Gasteiger partial charge in [0.05, 0.1) is 21.6 Å². The molecule has 9 nitrogen and oxygen atoms in total. The number of alkyl halides is 2. The molecule has 2 N–H and O–H groups in total. The Kier molecular flexibility index (Phi) is 6.67. The van der Waals surface area contributed by atoms with E-state index >= 15 is 0 Å². The molecule has 0 aliphatic carbocycles. The van der Waals surface area contributed by atoms with E-state index in [1.54, 1.807) is 0 Å². The predicted octanol–water partition coefficient (Wildman–Crippen LogP) is 3.59. The minimum atomic E-state index is -4.31. The summed E-state index contributed by atoms with van der Waals surface area (Å²) in [5.74, 6) is -0.375. The molecule has 2 aromatic rings. The highest BCUT2D eigenvalue weighted by molar-refractivity contribution is 7.92. The normalized spacial score (nSPS) is 16.4. The highest BCUT2D eigenvalue weighted by Gasteiger charge is 2.24. The Morgan fingerprint density at radius 1 is 1.23 bits per heavy atom. The van der Waals surface area contributed by atoms with Gasteiger partial charge in [-0.3, -0.25) is 14.8 Å². The Morgan fingerprint density at radius 3 is 2.67 bits per heavy atom. The zero-order valence-electron chi connectivity index (χ0n) is 15.6. The van der Waals surface area contributed by atoms with Crippen LogP contribution in [0.4, 0.5) is 25.8 Å². The van der Waals surface area contributed by atoms with E-state index in [-0.39, 0.29) is 23.2 Å². The molecule has 1 aliphatic rings. The van der Waals surface area contributed by atoms with E-state index in [0.29, 0.717) is 13.2 Å². The second kappa shape index (κ2) is 9.22. The molecule has 0 spiro atoms. The Balaban J connectivity index is 1.83. The molecule has 2 aromatic carbocycles. The maximum absolute atomic E-state index is 12.7. The van der Waals surface area contributed by atoms with Crippen LogP contribution >= 0.6 is 0 Å². The van der Waals surface area contributed by atoms with Gasteiger partial charge in [-0.2, -0.15) is 8.78 Å². The quantitative estimate of drug-likeness (QED) is 0.449. The molecule has 1 fully saturated rings. The molecule has 0 radical (unpaired) electrons. The number of ether oxygens (including phenoxy) is 2. The standard InChI is InChI=1S/C18H19F2N3O6S/c19-18(20)29-17-6-2-1-5-15(17)22-30(26,27)13-7-8-14(16(10-13)23(24)25)21-11-12-4-3-9-28-12/h1-2,5-8,10,12,18,21-22H,3-4,9,11H2/t12-/m0/s1. The van der Waals surface area contributed by atoms with Crippen LogP contribution in [0, 0.1) is 10.1 Å². The summed E-state index contributed by atoms with van der Waals surface area (Å²) in [6.45, 7) is -2.16. The molecule has 1 heterocycles. The largest absolute Gasteiger partial charge is 0.433 e. The summed E-state index contributed by atoms with van der Waals surface area (Å²) < 4.78 is 62.3. The van der Waals surface area contributed by atoms with E-state index in [1.807, 2.05) is 0 Å². The van der Waals surface area contributed by atoms with Crippen LogP contribution in [0.5, 0.6) is 5.75 Å². The summed E-state index contributed by atoms with van der Waals surface area (Å²) in [6.07, 6.45) is 1.67. The highest BCUT2D eigenvalue weighted by atomic mass is 32.2. The predicted molar refractivity (Wildman–Crippen MR) is 104 cm³/mol. The summed E-state index contributed by atoms with van der Waals surface area (Å²) >= 11 is 0. The van der Waals surface area contributed by atoms with E-state index < -0.39 is 32.1 Å². The Hall–Kier alpha value is -2.99. The van der Waals surface area contributed by atoms with E-state index in [9.17, 15) is 27.3 Å². The lowest BCUT2D eigenvalue weighted by Gasteiger charge is -2.14. The van der Waals surface area contributed by atoms with Crippen molar-refractivity contribution in [1.29, 1.82) is 0 Å². The third kappa shape index (κ3) is 5.33. The van der Waals surface area contributed by atoms with Crippen molar-refractivity contribution in [2.75, 3.05) is 23.2 Å². The number of anilines is 2. The summed E-state index contributed by atoms with van der Waals surface area (Å²) in [4.78, 5) is 10.3. The first-order valence-electron chi connectivity index (χ1n) is 8.97. The number of nitro groups is 1. The number of para-hydroxylation sites is 2. The second-order valence-electron chi connectivity index (χ2n) is 6.43. The fraction of sp³-hybridized carbons (Fsp3) is 0.333. The maximum atomic E-state index is 12.7. The van der Waals surface area contributed by atoms with Crippen molar-refractivity contribution in [3.63, 3.8) is 0 Å². The van der Waals surface area contributed by atoms with Crippen molar-refractivity contribution in [1.82, 2.24) is 0 Å². The number of nitro benzene ring substituents is 1. The number of sulfonamides is 1. The van der Waals surface area contributed by atoms with Crippen molar-refractivity contribution in [3.8, 4) is 5.75 Å². The lowest BCUT2D eigenvalue weighted by Crippen LogP contribution is -2.19. The first-order chi connectivity index (χ1) is 14.3. The first-order valence-corrected chi connectivity index (χ1v) is 10.4. The molecule has 1 saturated heterocycles. The van der Waals surface area contributed by atoms with Crippen molar-refractivity contribution in [2.24, 2.45) is 0 Å². The number of benzene rings is 2. The Bertz CT molecular complexity index is 1010. The van der Waals surface area contributed by atoms with Gasteiger partial charge in [-0.05, 0) is 37.1 Å². The van der Waals surface area contributed by atoms with Crippen LogP contribution < -0.4 is 14.8 Å². The van der Waals surface area contributed by atoms with Crippen LogP contribution in [-0.2, 0) is 14.8 Å². The number of rotatable bonds is 9. The van der Waals surface area contributed by atoms with Crippen LogP contribution in [0.2, 0.25) is 0 Å². The van der Waals surface area contributed by atoms with E-state index in [1.165, 1.54) is 36.4 Å². The van der Waals surface area contributed by atoms with E-state index in [2.05, 4.69) is 14.8 Å². The summed E-state index contributed by atoms with van der Waals surface area (Å²) in [6, 6.07) is 8.60. The Morgan fingerprint density at radius 2 is 2.00 bits per heavy atom. The van der Waals surface area contributed by atoms with Crippen LogP contribution in [-0.4, -0.2) is 39.2 Å². The van der Waals surface area contributed by atoms with Crippen LogP contribution in [0.25, 0.3) is 0 Å². The molecule has 0 aromatic heterocycles. The minimum Gasteiger partial charge on any atom is -0.433 e. The molecular formula is C18H19F2N3O6S. The van der Waals surface area contributed by atoms with Crippen molar-refractivity contribution < 1.29 is 31.6 Å². The molecule has 0 amide bonds. The molecule has 162 valence electrons. The minimum absolute atomic E-state index is 0.0685. The number of nitrogens with one attached hydrogen (secondary N) is 2. The molecule has 0 saturated carbocycles. The van der Waals surface area contributed by atoms with Gasteiger partial charge in [0, 0.05) is 19.2 Å². The number of nitrogens with zero attached hydrogens (tertiary/aromatic N) is 1. The molecule has 30 heavy (non-hydrogen) atoms. The molecular weight excluding hydrogens is 424 g/mol. The van der Waals surface area contributed by atoms with Gasteiger partial charge < -0.3 is 14.8 Å². The molecule has 12 heteroatoms. The summed E-state index contributed by atoms with van der Waals surface area (Å²) in [5, 5.41) is 14.4. The average molecular weight is 443 g/mol. The molecule has 3 rings (SSSR count). The molecule has 1 aliphatic heterocycles. The van der Waals surface area contributed by atoms with E-state index in [0.717, 1.165) is 18.9 Å². The zero-order valence-corrected chi connectivity index (χ0v) is 16.4. The molecule has 1 atom stereocenters.